The van der Waals surface area contributed by atoms with Crippen LogP contribution in [0.2, 0.25) is 0 Å². The van der Waals surface area contributed by atoms with Crippen LogP contribution >= 0.6 is 0 Å². The van der Waals surface area contributed by atoms with E-state index >= 15 is 0 Å². The quantitative estimate of drug-likeness (QED) is 0.807. The van der Waals surface area contributed by atoms with E-state index in [4.69, 9.17) is 0 Å². The monoisotopic (exact) mass is 322 g/mol. The van der Waals surface area contributed by atoms with Gasteiger partial charge in [0.2, 0.25) is 5.95 Å². The van der Waals surface area contributed by atoms with E-state index in [2.05, 4.69) is 14.9 Å². The minimum absolute atomic E-state index is 0.354. The van der Waals surface area contributed by atoms with Crippen LogP contribution in [0.25, 0.3) is 0 Å². The van der Waals surface area contributed by atoms with Gasteiger partial charge in [0.1, 0.15) is 5.41 Å². The molecule has 1 aromatic heterocycles. The van der Waals surface area contributed by atoms with Crippen molar-refractivity contribution in [3.63, 3.8) is 0 Å². The standard InChI is InChI=1S/C16H26N4O3/c1-4-6-16(14(22)23)11-20(7-5-13(16)21)10-12-8-17-15(18-9-12)19(2)3/h8-9,13,21H,4-7,10-11H2,1-3H3,(H,22,23)/t13-,16-/m1/s1. The number of hydrogen-bond donors (Lipinski definition) is 2. The van der Waals surface area contributed by atoms with E-state index < -0.39 is 17.5 Å². The molecule has 128 valence electrons. The number of carboxylic acids is 1. The molecule has 0 saturated carbocycles. The SMILES string of the molecule is CCC[C@@]1(C(=O)O)CN(Cc2cnc(N(C)C)nc2)CC[C@H]1O. The van der Waals surface area contributed by atoms with E-state index in [1.54, 1.807) is 12.4 Å². The number of aliphatic carboxylic acids is 1. The lowest BCUT2D eigenvalue weighted by Gasteiger charge is -2.43. The van der Waals surface area contributed by atoms with Crippen LogP contribution in [0.3, 0.4) is 0 Å². The molecule has 2 rings (SSSR count). The first kappa shape index (κ1) is 17.6. The number of aliphatic hydroxyl groups is 1. The fourth-order valence-corrected chi connectivity index (χ4v) is 3.23. The third kappa shape index (κ3) is 3.79. The summed E-state index contributed by atoms with van der Waals surface area (Å²) in [5.74, 6) is -0.260. The first-order valence-corrected chi connectivity index (χ1v) is 8.01. The zero-order chi connectivity index (χ0) is 17.0. The Morgan fingerprint density at radius 2 is 2.09 bits per heavy atom. The highest BCUT2D eigenvalue weighted by atomic mass is 16.4. The number of nitrogens with zero attached hydrogens (tertiary/aromatic N) is 4. The maximum Gasteiger partial charge on any atom is 0.313 e. The molecule has 1 aliphatic rings. The number of hydrogen-bond acceptors (Lipinski definition) is 6. The summed E-state index contributed by atoms with van der Waals surface area (Å²) in [6.07, 6.45) is 4.45. The van der Waals surface area contributed by atoms with Crippen molar-refractivity contribution in [1.29, 1.82) is 0 Å². The number of carbonyl (C=O) groups is 1. The second-order valence-electron chi connectivity index (χ2n) is 6.51. The molecular weight excluding hydrogens is 296 g/mol. The number of piperidine rings is 1. The summed E-state index contributed by atoms with van der Waals surface area (Å²) in [6.45, 7) is 3.57. The molecule has 0 radical (unpaired) electrons. The van der Waals surface area contributed by atoms with Gasteiger partial charge in [0.15, 0.2) is 0 Å². The van der Waals surface area contributed by atoms with Crippen molar-refractivity contribution < 1.29 is 15.0 Å². The summed E-state index contributed by atoms with van der Waals surface area (Å²) in [4.78, 5) is 24.3. The minimum atomic E-state index is -1.07. The molecule has 0 amide bonds. The molecule has 0 bridgehead atoms. The molecule has 7 heteroatoms. The van der Waals surface area contributed by atoms with Gasteiger partial charge in [-0.2, -0.15) is 0 Å². The van der Waals surface area contributed by atoms with Gasteiger partial charge in [0, 0.05) is 51.7 Å². The van der Waals surface area contributed by atoms with Crippen molar-refractivity contribution in [2.24, 2.45) is 5.41 Å². The highest BCUT2D eigenvalue weighted by Gasteiger charge is 2.48. The predicted molar refractivity (Wildman–Crippen MR) is 87.2 cm³/mol. The van der Waals surface area contributed by atoms with E-state index in [9.17, 15) is 15.0 Å². The van der Waals surface area contributed by atoms with Gasteiger partial charge < -0.3 is 15.1 Å². The zero-order valence-corrected chi connectivity index (χ0v) is 14.1. The first-order chi connectivity index (χ1) is 10.9. The Labute approximate surface area is 137 Å². The molecule has 0 unspecified atom stereocenters. The molecule has 2 heterocycles. The lowest BCUT2D eigenvalue weighted by molar-refractivity contribution is -0.164. The number of aromatic nitrogens is 2. The van der Waals surface area contributed by atoms with Crippen LogP contribution in [-0.2, 0) is 11.3 Å². The summed E-state index contributed by atoms with van der Waals surface area (Å²) in [7, 11) is 3.76. The highest BCUT2D eigenvalue weighted by Crippen LogP contribution is 2.36. The van der Waals surface area contributed by atoms with Crippen LogP contribution in [0.1, 0.15) is 31.7 Å². The van der Waals surface area contributed by atoms with Gasteiger partial charge in [-0.1, -0.05) is 13.3 Å². The van der Waals surface area contributed by atoms with Crippen molar-refractivity contribution >= 4 is 11.9 Å². The Morgan fingerprint density at radius 1 is 1.43 bits per heavy atom. The van der Waals surface area contributed by atoms with Crippen molar-refractivity contribution in [3.8, 4) is 0 Å². The topological polar surface area (TPSA) is 89.8 Å². The molecule has 1 fully saturated rings. The summed E-state index contributed by atoms with van der Waals surface area (Å²) in [5.41, 5.74) is -0.125. The van der Waals surface area contributed by atoms with Crippen LogP contribution in [0.15, 0.2) is 12.4 Å². The van der Waals surface area contributed by atoms with Gasteiger partial charge in [-0.05, 0) is 12.8 Å². The normalized spacial score (nSPS) is 25.3. The molecule has 7 nitrogen and oxygen atoms in total. The molecule has 1 aliphatic heterocycles. The lowest BCUT2D eigenvalue weighted by Crippen LogP contribution is -2.55. The van der Waals surface area contributed by atoms with Gasteiger partial charge in [0.25, 0.3) is 0 Å². The van der Waals surface area contributed by atoms with E-state index in [1.807, 2.05) is 25.9 Å². The number of rotatable bonds is 6. The summed E-state index contributed by atoms with van der Waals surface area (Å²) < 4.78 is 0. The third-order valence-electron chi connectivity index (χ3n) is 4.48. The van der Waals surface area contributed by atoms with E-state index in [0.717, 1.165) is 12.0 Å². The Balaban J connectivity index is 2.10. The maximum absolute atomic E-state index is 11.8. The fourth-order valence-electron chi connectivity index (χ4n) is 3.23. The second-order valence-corrected chi connectivity index (χ2v) is 6.51. The molecule has 2 N–H and O–H groups in total. The largest absolute Gasteiger partial charge is 0.481 e. The van der Waals surface area contributed by atoms with Crippen LogP contribution in [0.4, 0.5) is 5.95 Å². The minimum Gasteiger partial charge on any atom is -0.481 e. The second kappa shape index (κ2) is 7.23. The van der Waals surface area contributed by atoms with Crippen LogP contribution < -0.4 is 4.90 Å². The Morgan fingerprint density at radius 3 is 2.61 bits per heavy atom. The molecule has 0 aromatic carbocycles. The van der Waals surface area contributed by atoms with Crippen molar-refractivity contribution in [1.82, 2.24) is 14.9 Å². The fraction of sp³-hybridized carbons (Fsp3) is 0.688. The zero-order valence-electron chi connectivity index (χ0n) is 14.1. The first-order valence-electron chi connectivity index (χ1n) is 8.01. The van der Waals surface area contributed by atoms with Crippen molar-refractivity contribution in [3.05, 3.63) is 18.0 Å². The Kier molecular flexibility index (Phi) is 5.54. The van der Waals surface area contributed by atoms with E-state index in [-0.39, 0.29) is 0 Å². The van der Waals surface area contributed by atoms with Gasteiger partial charge in [0.05, 0.1) is 6.10 Å². The summed E-state index contributed by atoms with van der Waals surface area (Å²) in [6, 6.07) is 0. The number of likely N-dealkylation sites (tertiary alicyclic amines) is 1. The molecule has 1 saturated heterocycles. The number of aliphatic hydroxyl groups excluding tert-OH is 1. The smallest absolute Gasteiger partial charge is 0.313 e. The summed E-state index contributed by atoms with van der Waals surface area (Å²) in [5, 5.41) is 19.9. The van der Waals surface area contributed by atoms with Gasteiger partial charge in [-0.15, -0.1) is 0 Å². The van der Waals surface area contributed by atoms with Crippen LogP contribution in [0.5, 0.6) is 0 Å². The average molecular weight is 322 g/mol. The van der Waals surface area contributed by atoms with Gasteiger partial charge in [-0.25, -0.2) is 9.97 Å². The molecular formula is C16H26N4O3. The molecule has 23 heavy (non-hydrogen) atoms. The lowest BCUT2D eigenvalue weighted by atomic mass is 9.74. The predicted octanol–water partition coefficient (Wildman–Crippen LogP) is 0.980. The molecule has 0 spiro atoms. The molecule has 2 atom stereocenters. The average Bonchev–Trinajstić information content (AvgIpc) is 2.51. The number of carboxylic acid groups (broad SMARTS) is 1. The van der Waals surface area contributed by atoms with Gasteiger partial charge >= 0.3 is 5.97 Å². The third-order valence-corrected chi connectivity index (χ3v) is 4.48. The highest BCUT2D eigenvalue weighted by molar-refractivity contribution is 5.76. The maximum atomic E-state index is 11.8. The van der Waals surface area contributed by atoms with Crippen LogP contribution in [0, 0.1) is 5.41 Å². The van der Waals surface area contributed by atoms with Gasteiger partial charge in [-0.3, -0.25) is 9.69 Å². The number of anilines is 1. The summed E-state index contributed by atoms with van der Waals surface area (Å²) >= 11 is 0. The van der Waals surface area contributed by atoms with Crippen LogP contribution in [-0.4, -0.2) is 64.3 Å². The van der Waals surface area contributed by atoms with E-state index in [1.165, 1.54) is 0 Å². The van der Waals surface area contributed by atoms with Crippen molar-refractivity contribution in [2.75, 3.05) is 32.1 Å². The van der Waals surface area contributed by atoms with E-state index in [0.29, 0.717) is 38.4 Å². The molecule has 0 aliphatic carbocycles. The Bertz CT molecular complexity index is 535. The Hall–Kier alpha value is -1.73. The van der Waals surface area contributed by atoms with Crippen molar-refractivity contribution in [2.45, 2.75) is 38.8 Å². The molecule has 1 aromatic rings.